The molecule has 96 valence electrons. The van der Waals surface area contributed by atoms with Gasteiger partial charge >= 0.3 is 0 Å². The molecule has 1 aromatic carbocycles. The number of hydrogen-bond acceptors (Lipinski definition) is 2. The fraction of sp³-hybridized carbons (Fsp3) is 0.571. The van der Waals surface area contributed by atoms with E-state index in [1.54, 1.807) is 13.2 Å². The Balaban J connectivity index is 2.31. The molecule has 0 saturated heterocycles. The number of nitrogens with one attached hydrogen (secondary N) is 1. The Hall–Kier alpha value is -1.25. The summed E-state index contributed by atoms with van der Waals surface area (Å²) in [5.41, 5.74) is 0.865. The number of unbranched alkanes of at least 4 members (excludes halogenated alkanes) is 4. The van der Waals surface area contributed by atoms with E-state index in [1.165, 1.54) is 37.8 Å². The third-order valence-electron chi connectivity index (χ3n) is 2.76. The Kier molecular flexibility index (Phi) is 6.45. The Labute approximate surface area is 103 Å². The number of halogens is 1. The Morgan fingerprint density at radius 2 is 1.94 bits per heavy atom. The molecule has 0 aliphatic carbocycles. The fourth-order valence-corrected chi connectivity index (χ4v) is 1.76. The van der Waals surface area contributed by atoms with E-state index in [2.05, 4.69) is 12.2 Å². The van der Waals surface area contributed by atoms with Crippen molar-refractivity contribution in [3.8, 4) is 5.75 Å². The first-order valence-electron chi connectivity index (χ1n) is 6.35. The van der Waals surface area contributed by atoms with Crippen LogP contribution in [-0.2, 0) is 0 Å². The van der Waals surface area contributed by atoms with Crippen LogP contribution in [0.25, 0.3) is 0 Å². The molecule has 0 aliphatic heterocycles. The van der Waals surface area contributed by atoms with Gasteiger partial charge in [-0.3, -0.25) is 0 Å². The lowest BCUT2D eigenvalue weighted by Gasteiger charge is -2.10. The lowest BCUT2D eigenvalue weighted by molar-refractivity contribution is 0.413. The quantitative estimate of drug-likeness (QED) is 0.686. The van der Waals surface area contributed by atoms with Gasteiger partial charge in [-0.25, -0.2) is 4.39 Å². The van der Waals surface area contributed by atoms with E-state index >= 15 is 0 Å². The van der Waals surface area contributed by atoms with Gasteiger partial charge in [0, 0.05) is 12.6 Å². The van der Waals surface area contributed by atoms with Crippen LogP contribution < -0.4 is 10.1 Å². The first-order valence-corrected chi connectivity index (χ1v) is 6.35. The number of benzene rings is 1. The smallest absolute Gasteiger partial charge is 0.144 e. The van der Waals surface area contributed by atoms with Gasteiger partial charge in [0.25, 0.3) is 0 Å². The molecule has 3 heteroatoms. The maximum Gasteiger partial charge on any atom is 0.144 e. The number of anilines is 1. The van der Waals surface area contributed by atoms with Gasteiger partial charge in [0.15, 0.2) is 0 Å². The van der Waals surface area contributed by atoms with Crippen molar-refractivity contribution >= 4 is 5.69 Å². The van der Waals surface area contributed by atoms with Gasteiger partial charge < -0.3 is 10.1 Å². The predicted molar refractivity (Wildman–Crippen MR) is 70.2 cm³/mol. The summed E-state index contributed by atoms with van der Waals surface area (Å²) in [6, 6.07) is 4.57. The van der Waals surface area contributed by atoms with Crippen LogP contribution in [0.4, 0.5) is 10.1 Å². The minimum absolute atomic E-state index is 0.268. The largest absolute Gasteiger partial charge is 0.494 e. The van der Waals surface area contributed by atoms with E-state index < -0.39 is 0 Å². The van der Waals surface area contributed by atoms with Gasteiger partial charge in [0.2, 0.25) is 0 Å². The highest BCUT2D eigenvalue weighted by molar-refractivity contribution is 5.56. The molecule has 1 N–H and O–H groups in total. The van der Waals surface area contributed by atoms with Crippen molar-refractivity contribution in [3.05, 3.63) is 24.0 Å². The summed E-state index contributed by atoms with van der Waals surface area (Å²) in [4.78, 5) is 0. The van der Waals surface area contributed by atoms with Crippen molar-refractivity contribution in [1.29, 1.82) is 0 Å². The van der Waals surface area contributed by atoms with Gasteiger partial charge in [-0.2, -0.15) is 0 Å². The highest BCUT2D eigenvalue weighted by Crippen LogP contribution is 2.24. The topological polar surface area (TPSA) is 21.3 Å². The van der Waals surface area contributed by atoms with Crippen LogP contribution in [0.1, 0.15) is 39.0 Å². The average Bonchev–Trinajstić information content (AvgIpc) is 2.35. The van der Waals surface area contributed by atoms with Gasteiger partial charge in [-0.1, -0.05) is 32.6 Å². The summed E-state index contributed by atoms with van der Waals surface area (Å²) >= 11 is 0. The Morgan fingerprint density at radius 1 is 1.18 bits per heavy atom. The van der Waals surface area contributed by atoms with E-state index in [0.717, 1.165) is 18.7 Å². The zero-order chi connectivity index (χ0) is 12.5. The number of methoxy groups -OCH3 is 1. The molecule has 1 aromatic rings. The normalized spacial score (nSPS) is 10.3. The highest BCUT2D eigenvalue weighted by Gasteiger charge is 2.03. The molecule has 0 bridgehead atoms. The molecule has 0 aliphatic rings. The molecule has 0 fully saturated rings. The van der Waals surface area contributed by atoms with Crippen molar-refractivity contribution in [1.82, 2.24) is 0 Å². The summed E-state index contributed by atoms with van der Waals surface area (Å²) < 4.78 is 18.1. The van der Waals surface area contributed by atoms with Crippen LogP contribution in [0.2, 0.25) is 0 Å². The number of rotatable bonds is 8. The van der Waals surface area contributed by atoms with Crippen molar-refractivity contribution in [2.75, 3.05) is 19.0 Å². The van der Waals surface area contributed by atoms with Crippen LogP contribution in [0.15, 0.2) is 18.2 Å². The second kappa shape index (κ2) is 7.93. The molecule has 0 saturated carbocycles. The van der Waals surface area contributed by atoms with E-state index in [4.69, 9.17) is 4.74 Å². The van der Waals surface area contributed by atoms with Gasteiger partial charge in [0.05, 0.1) is 12.8 Å². The monoisotopic (exact) mass is 239 g/mol. The minimum atomic E-state index is -0.268. The maximum absolute atomic E-state index is 13.0. The maximum atomic E-state index is 13.0. The molecular weight excluding hydrogens is 217 g/mol. The third kappa shape index (κ3) is 5.07. The molecule has 0 amide bonds. The molecule has 0 spiro atoms. The van der Waals surface area contributed by atoms with Crippen LogP contribution >= 0.6 is 0 Å². The molecule has 0 unspecified atom stereocenters. The zero-order valence-corrected chi connectivity index (χ0v) is 10.8. The molecule has 0 atom stereocenters. The molecule has 2 nitrogen and oxygen atoms in total. The first kappa shape index (κ1) is 13.8. The van der Waals surface area contributed by atoms with Crippen LogP contribution in [0.5, 0.6) is 5.75 Å². The summed E-state index contributed by atoms with van der Waals surface area (Å²) in [5, 5.41) is 3.28. The second-order valence-corrected chi connectivity index (χ2v) is 4.19. The summed E-state index contributed by atoms with van der Waals surface area (Å²) in [6.07, 6.45) is 6.24. The van der Waals surface area contributed by atoms with Gasteiger partial charge in [0.1, 0.15) is 11.6 Å². The Morgan fingerprint density at radius 3 is 2.65 bits per heavy atom. The zero-order valence-electron chi connectivity index (χ0n) is 10.8. The third-order valence-corrected chi connectivity index (χ3v) is 2.76. The first-order chi connectivity index (χ1) is 8.27. The van der Waals surface area contributed by atoms with Crippen molar-refractivity contribution < 1.29 is 9.13 Å². The van der Waals surface area contributed by atoms with Crippen molar-refractivity contribution in [3.63, 3.8) is 0 Å². The predicted octanol–water partition coefficient (Wildman–Crippen LogP) is 4.22. The summed E-state index contributed by atoms with van der Waals surface area (Å²) in [5.74, 6) is 0.300. The number of ether oxygens (including phenoxy) is 1. The van der Waals surface area contributed by atoms with Gasteiger partial charge in [-0.15, -0.1) is 0 Å². The van der Waals surface area contributed by atoms with Crippen LogP contribution in [0.3, 0.4) is 0 Å². The van der Waals surface area contributed by atoms with E-state index in [0.29, 0.717) is 5.75 Å². The molecule has 1 rings (SSSR count). The molecule has 0 radical (unpaired) electrons. The van der Waals surface area contributed by atoms with Crippen LogP contribution in [0, 0.1) is 5.82 Å². The average molecular weight is 239 g/mol. The number of hydrogen-bond donors (Lipinski definition) is 1. The lowest BCUT2D eigenvalue weighted by atomic mass is 10.1. The van der Waals surface area contributed by atoms with Crippen LogP contribution in [-0.4, -0.2) is 13.7 Å². The standard InChI is InChI=1S/C14H22FNO/c1-3-4-5-6-7-10-16-13-9-8-12(15)11-14(13)17-2/h8-9,11,16H,3-7,10H2,1-2H3. The van der Waals surface area contributed by atoms with E-state index in [1.807, 2.05) is 0 Å². The fourth-order valence-electron chi connectivity index (χ4n) is 1.76. The summed E-state index contributed by atoms with van der Waals surface area (Å²) in [7, 11) is 1.56. The van der Waals surface area contributed by atoms with E-state index in [-0.39, 0.29) is 5.82 Å². The Bertz CT molecular complexity index is 328. The molecule has 0 aromatic heterocycles. The minimum Gasteiger partial charge on any atom is -0.494 e. The molecule has 17 heavy (non-hydrogen) atoms. The highest BCUT2D eigenvalue weighted by atomic mass is 19.1. The van der Waals surface area contributed by atoms with Crippen molar-refractivity contribution in [2.24, 2.45) is 0 Å². The molecule has 0 heterocycles. The SMILES string of the molecule is CCCCCCCNc1ccc(F)cc1OC. The lowest BCUT2D eigenvalue weighted by Crippen LogP contribution is -2.03. The second-order valence-electron chi connectivity index (χ2n) is 4.19. The van der Waals surface area contributed by atoms with Crippen molar-refractivity contribution in [2.45, 2.75) is 39.0 Å². The van der Waals surface area contributed by atoms with Gasteiger partial charge in [-0.05, 0) is 18.6 Å². The molecular formula is C14H22FNO. The van der Waals surface area contributed by atoms with E-state index in [9.17, 15) is 4.39 Å². The summed E-state index contributed by atoms with van der Waals surface area (Å²) in [6.45, 7) is 3.12.